The second-order valence-corrected chi connectivity index (χ2v) is 5.88. The molecule has 3 rings (SSSR count). The molecule has 0 spiro atoms. The van der Waals surface area contributed by atoms with Crippen molar-refractivity contribution in [1.29, 1.82) is 0 Å². The van der Waals surface area contributed by atoms with E-state index in [2.05, 4.69) is 30.9 Å². The number of hydrogen-bond acceptors (Lipinski definition) is 8. The first kappa shape index (κ1) is 13.1. The van der Waals surface area contributed by atoms with Crippen molar-refractivity contribution in [1.82, 2.24) is 25.6 Å². The summed E-state index contributed by atoms with van der Waals surface area (Å²) < 4.78 is 0. The van der Waals surface area contributed by atoms with Gasteiger partial charge in [-0.2, -0.15) is 5.21 Å². The lowest BCUT2D eigenvalue weighted by atomic mass is 10.3. The summed E-state index contributed by atoms with van der Waals surface area (Å²) in [6, 6.07) is 0. The van der Waals surface area contributed by atoms with Gasteiger partial charge in [0.2, 0.25) is 5.91 Å². The molecule has 2 aromatic rings. The van der Waals surface area contributed by atoms with Gasteiger partial charge >= 0.3 is 0 Å². The average Bonchev–Trinajstić information content (AvgIpc) is 3.07. The van der Waals surface area contributed by atoms with Crippen molar-refractivity contribution < 1.29 is 4.79 Å². The zero-order chi connectivity index (χ0) is 14.1. The molecule has 104 valence electrons. The van der Waals surface area contributed by atoms with Crippen LogP contribution in [0.5, 0.6) is 0 Å². The van der Waals surface area contributed by atoms with Crippen molar-refractivity contribution in [3.8, 4) is 0 Å². The van der Waals surface area contributed by atoms with E-state index in [0.29, 0.717) is 11.1 Å². The number of carbonyl (C=O) groups excluding carboxylic acids is 1. The molecule has 3 heterocycles. The largest absolute Gasteiger partial charge is 0.302 e. The molecule has 8 nitrogen and oxygen atoms in total. The molecule has 20 heavy (non-hydrogen) atoms. The molecule has 0 atom stereocenters. The van der Waals surface area contributed by atoms with E-state index in [1.54, 1.807) is 11.8 Å². The number of thiazole rings is 1. The first-order valence-corrected chi connectivity index (χ1v) is 7.60. The van der Waals surface area contributed by atoms with E-state index < -0.39 is 0 Å². The number of aryl methyl sites for hydroxylation is 1. The van der Waals surface area contributed by atoms with Gasteiger partial charge in [-0.3, -0.25) is 9.69 Å². The number of aromatic amines is 1. The van der Waals surface area contributed by atoms with E-state index >= 15 is 0 Å². The molecule has 10 heteroatoms. The summed E-state index contributed by atoms with van der Waals surface area (Å²) in [5.74, 6) is 1.12. The Labute approximate surface area is 122 Å². The van der Waals surface area contributed by atoms with Gasteiger partial charge in [0, 0.05) is 6.92 Å². The molecule has 0 fully saturated rings. The molecule has 1 aliphatic rings. The number of hydrogen-bond donors (Lipinski definition) is 2. The molecule has 0 radical (unpaired) electrons. The lowest BCUT2D eigenvalue weighted by molar-refractivity contribution is -0.114. The van der Waals surface area contributed by atoms with Gasteiger partial charge in [-0.15, -0.1) is 16.9 Å². The Morgan fingerprint density at radius 2 is 2.40 bits per heavy atom. The van der Waals surface area contributed by atoms with Crippen LogP contribution in [-0.4, -0.2) is 37.4 Å². The van der Waals surface area contributed by atoms with Gasteiger partial charge in [0.25, 0.3) is 5.95 Å². The van der Waals surface area contributed by atoms with Crippen LogP contribution in [-0.2, 0) is 4.79 Å². The SMILES string of the molecule is CC(=O)Nc1nc(C)c(C2=CSCN2c2nn[nH]n2)s1. The molecule has 0 aromatic carbocycles. The van der Waals surface area contributed by atoms with Gasteiger partial charge in [0.05, 0.1) is 22.1 Å². The molecule has 0 bridgehead atoms. The Morgan fingerprint density at radius 1 is 1.55 bits per heavy atom. The quantitative estimate of drug-likeness (QED) is 0.884. The van der Waals surface area contributed by atoms with Gasteiger partial charge in [0.15, 0.2) is 5.13 Å². The van der Waals surface area contributed by atoms with Crippen molar-refractivity contribution >= 4 is 45.8 Å². The van der Waals surface area contributed by atoms with Crippen LogP contribution in [0, 0.1) is 6.92 Å². The summed E-state index contributed by atoms with van der Waals surface area (Å²) in [4.78, 5) is 18.4. The van der Waals surface area contributed by atoms with E-state index in [1.807, 2.05) is 17.2 Å². The number of amides is 1. The minimum Gasteiger partial charge on any atom is -0.302 e. The molecule has 2 aromatic heterocycles. The number of nitrogens with one attached hydrogen (secondary N) is 2. The molecule has 1 amide bonds. The second-order valence-electron chi connectivity index (χ2n) is 4.05. The van der Waals surface area contributed by atoms with Crippen molar-refractivity contribution in [2.24, 2.45) is 0 Å². The molecule has 0 saturated heterocycles. The first-order valence-electron chi connectivity index (χ1n) is 5.73. The van der Waals surface area contributed by atoms with Crippen LogP contribution >= 0.6 is 23.1 Å². The molecular weight excluding hydrogens is 298 g/mol. The summed E-state index contributed by atoms with van der Waals surface area (Å²) in [6.45, 7) is 3.38. The van der Waals surface area contributed by atoms with Gasteiger partial charge in [-0.05, 0) is 17.5 Å². The Hall–Kier alpha value is -1.94. The van der Waals surface area contributed by atoms with Gasteiger partial charge < -0.3 is 5.32 Å². The van der Waals surface area contributed by atoms with Crippen molar-refractivity contribution in [3.05, 3.63) is 16.0 Å². The summed E-state index contributed by atoms with van der Waals surface area (Å²) in [6.07, 6.45) is 0. The summed E-state index contributed by atoms with van der Waals surface area (Å²) >= 11 is 3.08. The van der Waals surface area contributed by atoms with Crippen LogP contribution < -0.4 is 10.2 Å². The van der Waals surface area contributed by atoms with E-state index in [0.717, 1.165) is 22.1 Å². The maximum Gasteiger partial charge on any atom is 0.271 e. The fourth-order valence-corrected chi connectivity index (χ4v) is 3.77. The number of tetrazole rings is 1. The normalized spacial score (nSPS) is 14.5. The van der Waals surface area contributed by atoms with Crippen LogP contribution in [0.3, 0.4) is 0 Å². The topological polar surface area (TPSA) is 99.7 Å². The number of aromatic nitrogens is 5. The standard InChI is InChI=1S/C10H11N7OS2/c1-5-8(20-10(11-5)12-6(2)18)7-3-19-4-17(7)9-13-15-16-14-9/h3H,4H2,1-2H3,(H,11,12,18)(H,13,14,15,16). The smallest absolute Gasteiger partial charge is 0.271 e. The summed E-state index contributed by atoms with van der Waals surface area (Å²) in [5.41, 5.74) is 1.84. The number of nitrogens with zero attached hydrogens (tertiary/aromatic N) is 5. The van der Waals surface area contributed by atoms with Crippen LogP contribution in [0.25, 0.3) is 5.70 Å². The maximum absolute atomic E-state index is 11.1. The van der Waals surface area contributed by atoms with Crippen molar-refractivity contribution in [2.45, 2.75) is 13.8 Å². The predicted molar refractivity (Wildman–Crippen MR) is 78.2 cm³/mol. The Bertz CT molecular complexity index is 663. The molecule has 0 saturated carbocycles. The van der Waals surface area contributed by atoms with Gasteiger partial charge in [-0.1, -0.05) is 16.4 Å². The van der Waals surface area contributed by atoms with E-state index in [-0.39, 0.29) is 5.91 Å². The molecular formula is C10H11N7OS2. The summed E-state index contributed by atoms with van der Waals surface area (Å²) in [5, 5.41) is 19.4. The summed E-state index contributed by atoms with van der Waals surface area (Å²) in [7, 11) is 0. The minimum atomic E-state index is -0.130. The highest BCUT2D eigenvalue weighted by Gasteiger charge is 2.25. The average molecular weight is 309 g/mol. The fourth-order valence-electron chi connectivity index (χ4n) is 1.77. The van der Waals surface area contributed by atoms with Crippen LogP contribution in [0.4, 0.5) is 11.1 Å². The maximum atomic E-state index is 11.1. The molecule has 0 aliphatic carbocycles. The number of H-pyrrole nitrogens is 1. The fraction of sp³-hybridized carbons (Fsp3) is 0.300. The Balaban J connectivity index is 1.92. The third kappa shape index (κ3) is 2.39. The highest BCUT2D eigenvalue weighted by molar-refractivity contribution is 8.02. The third-order valence-electron chi connectivity index (χ3n) is 2.58. The highest BCUT2D eigenvalue weighted by atomic mass is 32.2. The zero-order valence-electron chi connectivity index (χ0n) is 10.7. The monoisotopic (exact) mass is 309 g/mol. The second kappa shape index (κ2) is 5.21. The van der Waals surface area contributed by atoms with Gasteiger partial charge in [-0.25, -0.2) is 4.98 Å². The van der Waals surface area contributed by atoms with Crippen LogP contribution in [0.15, 0.2) is 5.41 Å². The van der Waals surface area contributed by atoms with E-state index in [9.17, 15) is 4.79 Å². The lowest BCUT2D eigenvalue weighted by Crippen LogP contribution is -2.18. The van der Waals surface area contributed by atoms with Crippen molar-refractivity contribution in [2.75, 3.05) is 16.1 Å². The zero-order valence-corrected chi connectivity index (χ0v) is 12.4. The lowest BCUT2D eigenvalue weighted by Gasteiger charge is -2.15. The molecule has 1 aliphatic heterocycles. The Morgan fingerprint density at radius 3 is 3.10 bits per heavy atom. The highest BCUT2D eigenvalue weighted by Crippen LogP contribution is 2.38. The van der Waals surface area contributed by atoms with Crippen molar-refractivity contribution in [3.63, 3.8) is 0 Å². The molecule has 0 unspecified atom stereocenters. The molecule has 2 N–H and O–H groups in total. The number of rotatable bonds is 3. The number of carbonyl (C=O) groups is 1. The Kier molecular flexibility index (Phi) is 3.40. The van der Waals surface area contributed by atoms with Crippen LogP contribution in [0.1, 0.15) is 17.5 Å². The predicted octanol–water partition coefficient (Wildman–Crippen LogP) is 1.43. The van der Waals surface area contributed by atoms with Gasteiger partial charge in [0.1, 0.15) is 0 Å². The number of thioether (sulfide) groups is 1. The first-order chi connectivity index (χ1) is 9.65. The van der Waals surface area contributed by atoms with E-state index in [1.165, 1.54) is 18.3 Å². The minimum absolute atomic E-state index is 0.130. The number of anilines is 2. The third-order valence-corrected chi connectivity index (χ3v) is 4.47. The van der Waals surface area contributed by atoms with E-state index in [4.69, 9.17) is 0 Å². The van der Waals surface area contributed by atoms with Crippen LogP contribution in [0.2, 0.25) is 0 Å².